The molecule has 19 heavy (non-hydrogen) atoms. The van der Waals surface area contributed by atoms with Crippen molar-refractivity contribution in [3.63, 3.8) is 0 Å². The Balaban J connectivity index is 2.49. The topological polar surface area (TPSA) is 60.2 Å². The molecule has 0 saturated carbocycles. The summed E-state index contributed by atoms with van der Waals surface area (Å²) in [5, 5.41) is 2.90. The number of nitrogens with two attached hydrogens (primary N) is 1. The normalized spacial score (nSPS) is 11.6. The number of rotatable bonds is 7. The number of aromatic nitrogens is 1. The number of nitrogens with zero attached hydrogens (tertiary/aromatic N) is 1. The van der Waals surface area contributed by atoms with Crippen LogP contribution in [0.1, 0.15) is 25.0 Å². The minimum Gasteiger partial charge on any atom is -0.396 e. The van der Waals surface area contributed by atoms with E-state index in [1.165, 1.54) is 0 Å². The van der Waals surface area contributed by atoms with Crippen molar-refractivity contribution in [3.8, 4) is 0 Å². The van der Waals surface area contributed by atoms with Crippen molar-refractivity contribution in [2.75, 3.05) is 31.3 Å². The van der Waals surface area contributed by atoms with E-state index < -0.39 is 11.9 Å². The lowest BCUT2D eigenvalue weighted by Crippen LogP contribution is -2.11. The van der Waals surface area contributed by atoms with Crippen molar-refractivity contribution in [1.29, 1.82) is 0 Å². The number of halogens is 3. The van der Waals surface area contributed by atoms with Crippen LogP contribution < -0.4 is 11.1 Å². The smallest absolute Gasteiger partial charge is 0.396 e. The highest BCUT2D eigenvalue weighted by atomic mass is 19.4. The molecule has 0 radical (unpaired) electrons. The number of anilines is 2. The third-order valence-electron chi connectivity index (χ3n) is 2.57. The molecule has 0 aliphatic heterocycles. The molecule has 0 aliphatic carbocycles. The van der Waals surface area contributed by atoms with E-state index >= 15 is 0 Å². The lowest BCUT2D eigenvalue weighted by molar-refractivity contribution is -0.141. The van der Waals surface area contributed by atoms with Gasteiger partial charge in [-0.2, -0.15) is 13.2 Å². The monoisotopic (exact) mass is 277 g/mol. The summed E-state index contributed by atoms with van der Waals surface area (Å²) >= 11 is 0. The Morgan fingerprint density at radius 1 is 1.32 bits per heavy atom. The van der Waals surface area contributed by atoms with Gasteiger partial charge in [0.15, 0.2) is 0 Å². The van der Waals surface area contributed by atoms with Gasteiger partial charge < -0.3 is 15.8 Å². The minimum atomic E-state index is -4.46. The zero-order valence-electron chi connectivity index (χ0n) is 10.8. The number of pyridine rings is 1. The van der Waals surface area contributed by atoms with Crippen LogP contribution in [0.15, 0.2) is 12.3 Å². The average molecular weight is 277 g/mol. The molecule has 0 amide bonds. The molecule has 0 fully saturated rings. The van der Waals surface area contributed by atoms with Gasteiger partial charge >= 0.3 is 6.18 Å². The largest absolute Gasteiger partial charge is 0.433 e. The Kier molecular flexibility index (Phi) is 5.88. The summed E-state index contributed by atoms with van der Waals surface area (Å²) in [7, 11) is 1.63. The molecule has 0 saturated heterocycles. The van der Waals surface area contributed by atoms with Crippen LogP contribution in [0.4, 0.5) is 24.5 Å². The Morgan fingerprint density at radius 3 is 2.68 bits per heavy atom. The van der Waals surface area contributed by atoms with E-state index in [4.69, 9.17) is 10.5 Å². The molecule has 0 bridgehead atoms. The summed E-state index contributed by atoms with van der Waals surface area (Å²) in [6, 6.07) is 0.935. The molecule has 0 aromatic carbocycles. The Bertz CT molecular complexity index is 396. The first-order chi connectivity index (χ1) is 8.95. The van der Waals surface area contributed by atoms with E-state index in [0.717, 1.165) is 31.5 Å². The molecule has 0 unspecified atom stereocenters. The molecule has 7 heteroatoms. The fourth-order valence-corrected chi connectivity index (χ4v) is 1.55. The predicted molar refractivity (Wildman–Crippen MR) is 67.9 cm³/mol. The highest BCUT2D eigenvalue weighted by Gasteiger charge is 2.32. The number of nitrogen functional groups attached to an aromatic ring is 1. The third-order valence-corrected chi connectivity index (χ3v) is 2.57. The zero-order chi connectivity index (χ0) is 14.3. The average Bonchev–Trinajstić information content (AvgIpc) is 2.34. The maximum atomic E-state index is 12.5. The summed E-state index contributed by atoms with van der Waals surface area (Å²) in [6.07, 6.45) is -0.721. The number of nitrogens with one attached hydrogen (secondary N) is 1. The van der Waals surface area contributed by atoms with Gasteiger partial charge in [-0.15, -0.1) is 0 Å². The van der Waals surface area contributed by atoms with Crippen LogP contribution in [-0.4, -0.2) is 25.2 Å². The fraction of sp³-hybridized carbons (Fsp3) is 0.583. The number of unbranched alkanes of at least 4 members (excludes halogenated alkanes) is 2. The Hall–Kier alpha value is -1.50. The summed E-state index contributed by atoms with van der Waals surface area (Å²) in [5.41, 5.74) is 5.13. The molecule has 0 spiro atoms. The van der Waals surface area contributed by atoms with Crippen LogP contribution in [0.3, 0.4) is 0 Å². The van der Waals surface area contributed by atoms with Crippen LogP contribution in [0, 0.1) is 0 Å². The van der Waals surface area contributed by atoms with Gasteiger partial charge in [0.2, 0.25) is 0 Å². The van der Waals surface area contributed by atoms with E-state index in [9.17, 15) is 13.2 Å². The molecule has 108 valence electrons. The lowest BCUT2D eigenvalue weighted by atomic mass is 10.2. The van der Waals surface area contributed by atoms with Gasteiger partial charge in [0.25, 0.3) is 0 Å². The van der Waals surface area contributed by atoms with Crippen LogP contribution in [0.2, 0.25) is 0 Å². The van der Waals surface area contributed by atoms with Gasteiger partial charge in [0.05, 0.1) is 17.6 Å². The number of alkyl halides is 3. The van der Waals surface area contributed by atoms with Gasteiger partial charge in [-0.05, 0) is 25.3 Å². The molecule has 3 N–H and O–H groups in total. The van der Waals surface area contributed by atoms with E-state index in [1.54, 1.807) is 7.11 Å². The van der Waals surface area contributed by atoms with Crippen molar-refractivity contribution >= 4 is 11.4 Å². The highest BCUT2D eigenvalue weighted by molar-refractivity contribution is 5.65. The van der Waals surface area contributed by atoms with E-state index in [-0.39, 0.29) is 11.4 Å². The Morgan fingerprint density at radius 2 is 2.05 bits per heavy atom. The predicted octanol–water partition coefficient (Wildman–Crippen LogP) is 2.91. The van der Waals surface area contributed by atoms with Crippen LogP contribution in [-0.2, 0) is 10.9 Å². The van der Waals surface area contributed by atoms with Gasteiger partial charge in [-0.1, -0.05) is 0 Å². The number of methoxy groups -OCH3 is 1. The summed E-state index contributed by atoms with van der Waals surface area (Å²) in [5.74, 6) is 0. The second-order valence-corrected chi connectivity index (χ2v) is 4.13. The minimum absolute atomic E-state index is 0.213. The first-order valence-corrected chi connectivity index (χ1v) is 6.00. The fourth-order valence-electron chi connectivity index (χ4n) is 1.55. The number of hydrogen-bond donors (Lipinski definition) is 2. The van der Waals surface area contributed by atoms with Gasteiger partial charge in [-0.3, -0.25) is 0 Å². The van der Waals surface area contributed by atoms with Crippen molar-refractivity contribution in [1.82, 2.24) is 4.98 Å². The Labute approximate surface area is 110 Å². The number of hydrogen-bond acceptors (Lipinski definition) is 4. The molecule has 0 atom stereocenters. The van der Waals surface area contributed by atoms with Crippen molar-refractivity contribution in [2.24, 2.45) is 0 Å². The summed E-state index contributed by atoms with van der Waals surface area (Å²) in [6.45, 7) is 1.25. The third kappa shape index (κ3) is 5.34. The first-order valence-electron chi connectivity index (χ1n) is 6.00. The summed E-state index contributed by atoms with van der Waals surface area (Å²) in [4.78, 5) is 3.27. The quantitative estimate of drug-likeness (QED) is 0.752. The molecular weight excluding hydrogens is 259 g/mol. The van der Waals surface area contributed by atoms with E-state index in [0.29, 0.717) is 13.2 Å². The molecular formula is C12H18F3N3O. The maximum Gasteiger partial charge on any atom is 0.433 e. The van der Waals surface area contributed by atoms with Gasteiger partial charge in [-0.25, -0.2) is 4.98 Å². The molecule has 1 aromatic heterocycles. The van der Waals surface area contributed by atoms with Crippen LogP contribution in [0.25, 0.3) is 0 Å². The van der Waals surface area contributed by atoms with Crippen molar-refractivity contribution in [3.05, 3.63) is 18.0 Å². The van der Waals surface area contributed by atoms with Gasteiger partial charge in [0.1, 0.15) is 5.69 Å². The van der Waals surface area contributed by atoms with Crippen LogP contribution in [0.5, 0.6) is 0 Å². The molecule has 1 rings (SSSR count). The van der Waals surface area contributed by atoms with Crippen molar-refractivity contribution < 1.29 is 17.9 Å². The SMILES string of the molecule is COCCCCCNc1cc(C(F)(F)F)ncc1N. The molecule has 0 aliphatic rings. The van der Waals surface area contributed by atoms with Gasteiger partial charge in [0, 0.05) is 20.3 Å². The molecule has 1 heterocycles. The van der Waals surface area contributed by atoms with E-state index in [2.05, 4.69) is 10.3 Å². The van der Waals surface area contributed by atoms with E-state index in [1.807, 2.05) is 0 Å². The zero-order valence-corrected chi connectivity index (χ0v) is 10.8. The summed E-state index contributed by atoms with van der Waals surface area (Å²) < 4.78 is 42.4. The number of ether oxygens (including phenoxy) is 1. The molecule has 1 aromatic rings. The van der Waals surface area contributed by atoms with Crippen LogP contribution >= 0.6 is 0 Å². The first kappa shape index (κ1) is 15.6. The van der Waals surface area contributed by atoms with Crippen molar-refractivity contribution in [2.45, 2.75) is 25.4 Å². The lowest BCUT2D eigenvalue weighted by Gasteiger charge is -2.12. The second-order valence-electron chi connectivity index (χ2n) is 4.13. The standard InChI is InChI=1S/C12H18F3N3O/c1-19-6-4-2-3-5-17-10-7-11(12(13,14)15)18-8-9(10)16/h7-8H,2-6,16H2,1H3,(H,17,18). The maximum absolute atomic E-state index is 12.5. The molecule has 4 nitrogen and oxygen atoms in total. The second kappa shape index (κ2) is 7.18. The highest BCUT2D eigenvalue weighted by Crippen LogP contribution is 2.30.